The van der Waals surface area contributed by atoms with Gasteiger partial charge < -0.3 is 5.11 Å². The Morgan fingerprint density at radius 3 is 2.35 bits per heavy atom. The van der Waals surface area contributed by atoms with Crippen molar-refractivity contribution in [3.63, 3.8) is 0 Å². The fourth-order valence-electron chi connectivity index (χ4n) is 1.15. The van der Waals surface area contributed by atoms with E-state index in [0.717, 1.165) is 0 Å². The molecular weight excluding hydrogens is 252 g/mol. The highest BCUT2D eigenvalue weighted by Gasteiger charge is 2.20. The Morgan fingerprint density at radius 1 is 1.24 bits per heavy atom. The van der Waals surface area contributed by atoms with E-state index in [1.165, 1.54) is 0 Å². The molecule has 0 spiro atoms. The van der Waals surface area contributed by atoms with Gasteiger partial charge in [-0.3, -0.25) is 0 Å². The molecule has 1 atom stereocenters. The summed E-state index contributed by atoms with van der Waals surface area (Å²) in [6, 6.07) is 8.33. The molecule has 96 valence electrons. The largest absolute Gasteiger partial charge is 0.386 e. The average molecular weight is 265 g/mol. The van der Waals surface area contributed by atoms with E-state index >= 15 is 0 Å². The molecule has 0 aliphatic rings. The van der Waals surface area contributed by atoms with E-state index in [1.807, 2.05) is 4.72 Å². The second-order valence-corrected chi connectivity index (χ2v) is 5.30. The molecule has 2 N–H and O–H groups in total. The summed E-state index contributed by atoms with van der Waals surface area (Å²) in [5, 5.41) is 8.78. The van der Waals surface area contributed by atoms with Crippen molar-refractivity contribution < 1.29 is 22.3 Å². The van der Waals surface area contributed by atoms with Crippen LogP contribution in [0.3, 0.4) is 0 Å². The number of nitrogens with one attached hydrogen (secondary N) is 1. The minimum atomic E-state index is -3.71. The summed E-state index contributed by atoms with van der Waals surface area (Å²) in [6.45, 7) is -0.688. The Hall–Kier alpha value is -1.05. The first-order chi connectivity index (χ1) is 7.91. The summed E-state index contributed by atoms with van der Waals surface area (Å²) in [7, 11) is -3.71. The lowest BCUT2D eigenvalue weighted by atomic mass is 10.2. The maximum atomic E-state index is 11.9. The normalized spacial score (nSPS) is 13.9. The van der Waals surface area contributed by atoms with Gasteiger partial charge in [0, 0.05) is 6.54 Å². The third-order valence-corrected chi connectivity index (χ3v) is 3.32. The highest BCUT2D eigenvalue weighted by atomic mass is 32.2. The molecule has 17 heavy (non-hydrogen) atoms. The van der Waals surface area contributed by atoms with Crippen molar-refractivity contribution in [3.8, 4) is 0 Å². The number of halogens is 2. The van der Waals surface area contributed by atoms with Crippen LogP contribution in [0.1, 0.15) is 5.56 Å². The summed E-state index contributed by atoms with van der Waals surface area (Å²) < 4.78 is 48.7. The van der Waals surface area contributed by atoms with Crippen LogP contribution < -0.4 is 4.72 Å². The zero-order valence-electron chi connectivity index (χ0n) is 8.88. The van der Waals surface area contributed by atoms with Crippen LogP contribution in [0.4, 0.5) is 8.78 Å². The van der Waals surface area contributed by atoms with Crippen LogP contribution in [0.25, 0.3) is 0 Å². The van der Waals surface area contributed by atoms with E-state index in [9.17, 15) is 17.2 Å². The maximum Gasteiger partial charge on any atom is 0.265 e. The number of aliphatic hydroxyl groups excluding tert-OH is 1. The highest BCUT2D eigenvalue weighted by Crippen LogP contribution is 2.05. The van der Waals surface area contributed by atoms with Crippen molar-refractivity contribution >= 4 is 10.0 Å². The van der Waals surface area contributed by atoms with E-state index in [1.54, 1.807) is 30.3 Å². The molecule has 0 aliphatic heterocycles. The summed E-state index contributed by atoms with van der Waals surface area (Å²) in [5.74, 6) is -0.302. The molecule has 0 radical (unpaired) electrons. The lowest BCUT2D eigenvalue weighted by Crippen LogP contribution is -2.36. The van der Waals surface area contributed by atoms with E-state index in [0.29, 0.717) is 5.56 Å². The number of benzene rings is 1. The predicted molar refractivity (Wildman–Crippen MR) is 59.1 cm³/mol. The van der Waals surface area contributed by atoms with Crippen LogP contribution in [0, 0.1) is 0 Å². The standard InChI is InChI=1S/C10H13F2NO3S/c11-10(12)9(14)6-13-17(15,16)7-8-4-2-1-3-5-8/h1-5,9-10,13-14H,6-7H2. The second-order valence-electron chi connectivity index (χ2n) is 3.49. The first kappa shape index (κ1) is 14.0. The van der Waals surface area contributed by atoms with Crippen LogP contribution in [0.15, 0.2) is 30.3 Å². The SMILES string of the molecule is O=S(=O)(Cc1ccccc1)NCC(O)C(F)F. The van der Waals surface area contributed by atoms with Gasteiger partial charge in [0.25, 0.3) is 6.43 Å². The molecule has 0 fully saturated rings. The van der Waals surface area contributed by atoms with Gasteiger partial charge in [0.2, 0.25) is 10.0 Å². The van der Waals surface area contributed by atoms with Crippen molar-refractivity contribution in [1.82, 2.24) is 4.72 Å². The van der Waals surface area contributed by atoms with Gasteiger partial charge in [0.05, 0.1) is 5.75 Å². The first-order valence-electron chi connectivity index (χ1n) is 4.88. The molecule has 1 aromatic rings. The average Bonchev–Trinajstić information content (AvgIpc) is 2.26. The molecule has 0 aliphatic carbocycles. The summed E-state index contributed by atoms with van der Waals surface area (Å²) in [6.07, 6.45) is -4.95. The fourth-order valence-corrected chi connectivity index (χ4v) is 2.30. The molecule has 0 bridgehead atoms. The number of aliphatic hydroxyl groups is 1. The summed E-state index contributed by atoms with van der Waals surface area (Å²) >= 11 is 0. The van der Waals surface area contributed by atoms with Crippen molar-refractivity contribution in [2.45, 2.75) is 18.3 Å². The summed E-state index contributed by atoms with van der Waals surface area (Å²) in [4.78, 5) is 0. The molecule has 1 rings (SSSR count). The maximum absolute atomic E-state index is 11.9. The quantitative estimate of drug-likeness (QED) is 0.797. The van der Waals surface area contributed by atoms with Crippen LogP contribution in [-0.4, -0.2) is 32.6 Å². The summed E-state index contributed by atoms with van der Waals surface area (Å²) in [5.41, 5.74) is 0.548. The molecule has 0 heterocycles. The van der Waals surface area contributed by atoms with Gasteiger partial charge in [0.15, 0.2) is 0 Å². The zero-order valence-corrected chi connectivity index (χ0v) is 9.70. The van der Waals surface area contributed by atoms with E-state index < -0.39 is 29.1 Å². The number of hydrogen-bond donors (Lipinski definition) is 2. The Labute approximate surface area is 98.3 Å². The predicted octanol–water partition coefficient (Wildman–Crippen LogP) is 0.732. The molecule has 0 amide bonds. The lowest BCUT2D eigenvalue weighted by molar-refractivity contribution is -0.000455. The van der Waals surface area contributed by atoms with Crippen LogP contribution >= 0.6 is 0 Å². The van der Waals surface area contributed by atoms with Gasteiger partial charge in [-0.05, 0) is 5.56 Å². The monoisotopic (exact) mass is 265 g/mol. The van der Waals surface area contributed by atoms with Crippen molar-refractivity contribution in [2.75, 3.05) is 6.54 Å². The number of alkyl halides is 2. The van der Waals surface area contributed by atoms with Gasteiger partial charge in [-0.1, -0.05) is 30.3 Å². The Bertz CT molecular complexity index is 436. The second kappa shape index (κ2) is 6.04. The van der Waals surface area contributed by atoms with Gasteiger partial charge in [-0.15, -0.1) is 0 Å². The fraction of sp³-hybridized carbons (Fsp3) is 0.400. The lowest BCUT2D eigenvalue weighted by Gasteiger charge is -2.11. The van der Waals surface area contributed by atoms with Crippen LogP contribution in [0.2, 0.25) is 0 Å². The third kappa shape index (κ3) is 5.20. The topological polar surface area (TPSA) is 66.4 Å². The molecule has 7 heteroatoms. The van der Waals surface area contributed by atoms with Crippen molar-refractivity contribution in [1.29, 1.82) is 0 Å². The van der Waals surface area contributed by atoms with E-state index in [4.69, 9.17) is 5.11 Å². The minimum absolute atomic E-state index is 0.302. The number of sulfonamides is 1. The molecule has 0 saturated carbocycles. The highest BCUT2D eigenvalue weighted by molar-refractivity contribution is 7.88. The Balaban J connectivity index is 2.53. The van der Waals surface area contributed by atoms with Gasteiger partial charge >= 0.3 is 0 Å². The Morgan fingerprint density at radius 2 is 1.82 bits per heavy atom. The Kier molecular flexibility index (Phi) is 4.98. The van der Waals surface area contributed by atoms with Gasteiger partial charge in [-0.2, -0.15) is 0 Å². The first-order valence-corrected chi connectivity index (χ1v) is 6.53. The van der Waals surface area contributed by atoms with Gasteiger partial charge in [-0.25, -0.2) is 21.9 Å². The minimum Gasteiger partial charge on any atom is -0.386 e. The zero-order chi connectivity index (χ0) is 12.9. The molecule has 4 nitrogen and oxygen atoms in total. The van der Waals surface area contributed by atoms with E-state index in [-0.39, 0.29) is 5.75 Å². The number of rotatable bonds is 6. The third-order valence-electron chi connectivity index (χ3n) is 2.00. The van der Waals surface area contributed by atoms with Crippen molar-refractivity contribution in [2.24, 2.45) is 0 Å². The van der Waals surface area contributed by atoms with Crippen LogP contribution in [-0.2, 0) is 15.8 Å². The smallest absolute Gasteiger partial charge is 0.265 e. The number of hydrogen-bond acceptors (Lipinski definition) is 3. The molecule has 1 aromatic carbocycles. The molecule has 1 unspecified atom stereocenters. The van der Waals surface area contributed by atoms with Crippen molar-refractivity contribution in [3.05, 3.63) is 35.9 Å². The molecule has 0 aromatic heterocycles. The van der Waals surface area contributed by atoms with Crippen LogP contribution in [0.5, 0.6) is 0 Å². The van der Waals surface area contributed by atoms with Gasteiger partial charge in [0.1, 0.15) is 6.10 Å². The molecular formula is C10H13F2NO3S. The van der Waals surface area contributed by atoms with E-state index in [2.05, 4.69) is 0 Å². The molecule has 0 saturated heterocycles.